The second kappa shape index (κ2) is 6.36. The molecule has 1 aliphatic carbocycles. The van der Waals surface area contributed by atoms with E-state index in [0.29, 0.717) is 5.82 Å². The zero-order valence-electron chi connectivity index (χ0n) is 11.3. The van der Waals surface area contributed by atoms with E-state index in [1.807, 2.05) is 0 Å². The first-order valence-corrected chi connectivity index (χ1v) is 6.79. The highest BCUT2D eigenvalue weighted by Gasteiger charge is 2.14. The smallest absolute Gasteiger partial charge is 0.339 e. The highest BCUT2D eigenvalue weighted by Crippen LogP contribution is 2.21. The van der Waals surface area contributed by atoms with Gasteiger partial charge in [-0.15, -0.1) is 0 Å². The van der Waals surface area contributed by atoms with Crippen molar-refractivity contribution in [1.29, 1.82) is 0 Å². The fraction of sp³-hybridized carbons (Fsp3) is 0.467. The lowest BCUT2D eigenvalue weighted by molar-refractivity contribution is 0.0697. The van der Waals surface area contributed by atoms with Crippen LogP contribution >= 0.6 is 0 Å². The van der Waals surface area contributed by atoms with Crippen molar-refractivity contribution in [2.45, 2.75) is 39.0 Å². The maximum Gasteiger partial charge on any atom is 0.339 e. The molecule has 0 saturated heterocycles. The molecule has 0 spiro atoms. The summed E-state index contributed by atoms with van der Waals surface area (Å²) in [5.41, 5.74) is 2.49. The Labute approximate surface area is 113 Å². The first-order chi connectivity index (χ1) is 9.18. The van der Waals surface area contributed by atoms with Crippen LogP contribution < -0.4 is 5.32 Å². The lowest BCUT2D eigenvalue weighted by Crippen LogP contribution is -2.11. The number of rotatable bonds is 5. The van der Waals surface area contributed by atoms with Gasteiger partial charge in [-0.25, -0.2) is 9.78 Å². The third-order valence-corrected chi connectivity index (χ3v) is 3.50. The zero-order chi connectivity index (χ0) is 13.7. The summed E-state index contributed by atoms with van der Waals surface area (Å²) in [5, 5.41) is 12.4. The maximum absolute atomic E-state index is 11.2. The molecule has 0 amide bonds. The number of aryl methyl sites for hydroxylation is 1. The molecule has 0 bridgehead atoms. The number of aromatic carboxylic acids is 1. The van der Waals surface area contributed by atoms with Gasteiger partial charge >= 0.3 is 5.97 Å². The molecule has 4 nitrogen and oxygen atoms in total. The first-order valence-electron chi connectivity index (χ1n) is 6.79. The molecule has 0 radical (unpaired) electrons. The minimum absolute atomic E-state index is 0.278. The molecule has 0 unspecified atom stereocenters. The van der Waals surface area contributed by atoms with Gasteiger partial charge in [-0.1, -0.05) is 11.6 Å². The minimum Gasteiger partial charge on any atom is -0.478 e. The largest absolute Gasteiger partial charge is 0.478 e. The Morgan fingerprint density at radius 2 is 2.32 bits per heavy atom. The Balaban J connectivity index is 1.97. The van der Waals surface area contributed by atoms with Gasteiger partial charge in [0.25, 0.3) is 0 Å². The number of carbonyl (C=O) groups is 1. The van der Waals surface area contributed by atoms with Gasteiger partial charge in [0.1, 0.15) is 11.4 Å². The molecule has 1 aromatic rings. The number of allylic oxidation sites excluding steroid dienone is 1. The van der Waals surface area contributed by atoms with Gasteiger partial charge in [-0.2, -0.15) is 0 Å². The van der Waals surface area contributed by atoms with Crippen LogP contribution in [0, 0.1) is 6.92 Å². The van der Waals surface area contributed by atoms with Crippen molar-refractivity contribution in [2.24, 2.45) is 0 Å². The Hall–Kier alpha value is -1.84. The zero-order valence-corrected chi connectivity index (χ0v) is 11.3. The third-order valence-electron chi connectivity index (χ3n) is 3.50. The van der Waals surface area contributed by atoms with Crippen LogP contribution in [0.15, 0.2) is 23.9 Å². The molecular formula is C15H20N2O2. The summed E-state index contributed by atoms with van der Waals surface area (Å²) in [6, 6.07) is 1.72. The molecule has 0 aliphatic heterocycles. The van der Waals surface area contributed by atoms with E-state index < -0.39 is 5.97 Å². The fourth-order valence-corrected chi connectivity index (χ4v) is 2.44. The van der Waals surface area contributed by atoms with Crippen LogP contribution in [0.25, 0.3) is 0 Å². The number of pyridine rings is 1. The molecule has 2 rings (SSSR count). The normalized spacial score (nSPS) is 14.9. The number of carboxylic acids is 1. The van der Waals surface area contributed by atoms with Crippen molar-refractivity contribution in [2.75, 3.05) is 11.9 Å². The highest BCUT2D eigenvalue weighted by molar-refractivity contribution is 5.94. The van der Waals surface area contributed by atoms with Gasteiger partial charge in [-0.3, -0.25) is 0 Å². The van der Waals surface area contributed by atoms with Crippen LogP contribution in [-0.4, -0.2) is 22.6 Å². The van der Waals surface area contributed by atoms with E-state index in [9.17, 15) is 9.90 Å². The maximum atomic E-state index is 11.2. The number of nitrogens with zero attached hydrogens (tertiary/aromatic N) is 1. The number of hydrogen-bond acceptors (Lipinski definition) is 3. The second-order valence-electron chi connectivity index (χ2n) is 4.94. The molecule has 1 aliphatic rings. The highest BCUT2D eigenvalue weighted by atomic mass is 16.4. The molecule has 1 heterocycles. The first kappa shape index (κ1) is 13.6. The molecular weight excluding hydrogens is 240 g/mol. The summed E-state index contributed by atoms with van der Waals surface area (Å²) >= 11 is 0. The predicted octanol–water partition coefficient (Wildman–Crippen LogP) is 3.39. The molecule has 102 valence electrons. The second-order valence-corrected chi connectivity index (χ2v) is 4.94. The van der Waals surface area contributed by atoms with Crippen LogP contribution in [0.1, 0.15) is 48.0 Å². The van der Waals surface area contributed by atoms with Crippen LogP contribution in [0.2, 0.25) is 0 Å². The van der Waals surface area contributed by atoms with E-state index in [2.05, 4.69) is 16.4 Å². The van der Waals surface area contributed by atoms with Gasteiger partial charge in [-0.05, 0) is 50.7 Å². The lowest BCUT2D eigenvalue weighted by Gasteiger charge is -2.14. The van der Waals surface area contributed by atoms with E-state index in [0.717, 1.165) is 18.5 Å². The summed E-state index contributed by atoms with van der Waals surface area (Å²) in [4.78, 5) is 15.3. The molecule has 1 aromatic heterocycles. The molecule has 0 atom stereocenters. The average Bonchev–Trinajstić information content (AvgIpc) is 2.39. The molecule has 0 saturated carbocycles. The van der Waals surface area contributed by atoms with Crippen molar-refractivity contribution in [3.8, 4) is 0 Å². The van der Waals surface area contributed by atoms with Crippen molar-refractivity contribution >= 4 is 11.8 Å². The van der Waals surface area contributed by atoms with Gasteiger partial charge < -0.3 is 10.4 Å². The number of nitrogens with one attached hydrogen (secondary N) is 1. The lowest BCUT2D eigenvalue weighted by atomic mass is 9.97. The van der Waals surface area contributed by atoms with Crippen LogP contribution in [0.5, 0.6) is 0 Å². The van der Waals surface area contributed by atoms with E-state index in [1.165, 1.54) is 31.3 Å². The van der Waals surface area contributed by atoms with Crippen LogP contribution in [-0.2, 0) is 0 Å². The molecule has 19 heavy (non-hydrogen) atoms. The topological polar surface area (TPSA) is 62.2 Å². The van der Waals surface area contributed by atoms with E-state index in [4.69, 9.17) is 0 Å². The quantitative estimate of drug-likeness (QED) is 0.797. The molecule has 4 heteroatoms. The summed E-state index contributed by atoms with van der Waals surface area (Å²) in [7, 11) is 0. The molecule has 0 aromatic carbocycles. The van der Waals surface area contributed by atoms with Gasteiger partial charge in [0.05, 0.1) is 0 Å². The Morgan fingerprint density at radius 3 is 3.00 bits per heavy atom. The summed E-state index contributed by atoms with van der Waals surface area (Å²) in [6.45, 7) is 2.53. The molecule has 0 fully saturated rings. The van der Waals surface area contributed by atoms with Gasteiger partial charge in [0, 0.05) is 12.7 Å². The number of aromatic nitrogens is 1. The number of hydrogen-bond donors (Lipinski definition) is 2. The number of carboxylic acid groups (broad SMARTS) is 1. The SMILES string of the molecule is Cc1ccnc(NCCC2=CCCCC2)c1C(=O)O. The standard InChI is InChI=1S/C15H20N2O2/c1-11-7-9-16-14(13(11)15(18)19)17-10-8-12-5-3-2-4-6-12/h5,7,9H,2-4,6,8,10H2,1H3,(H,16,17)(H,18,19). The minimum atomic E-state index is -0.926. The van der Waals surface area contributed by atoms with Crippen molar-refractivity contribution in [3.63, 3.8) is 0 Å². The summed E-state index contributed by atoms with van der Waals surface area (Å²) < 4.78 is 0. The van der Waals surface area contributed by atoms with Gasteiger partial charge in [0.2, 0.25) is 0 Å². The van der Waals surface area contributed by atoms with Crippen LogP contribution in [0.4, 0.5) is 5.82 Å². The van der Waals surface area contributed by atoms with E-state index in [-0.39, 0.29) is 5.56 Å². The summed E-state index contributed by atoms with van der Waals surface area (Å²) in [6.07, 6.45) is 9.84. The van der Waals surface area contributed by atoms with Crippen molar-refractivity contribution < 1.29 is 9.90 Å². The molecule has 2 N–H and O–H groups in total. The fourth-order valence-electron chi connectivity index (χ4n) is 2.44. The van der Waals surface area contributed by atoms with Gasteiger partial charge in [0.15, 0.2) is 0 Å². The predicted molar refractivity (Wildman–Crippen MR) is 75.6 cm³/mol. The van der Waals surface area contributed by atoms with E-state index >= 15 is 0 Å². The average molecular weight is 260 g/mol. The monoisotopic (exact) mass is 260 g/mol. The Kier molecular flexibility index (Phi) is 4.55. The summed E-state index contributed by atoms with van der Waals surface area (Å²) in [5.74, 6) is -0.450. The Morgan fingerprint density at radius 1 is 1.47 bits per heavy atom. The number of anilines is 1. The van der Waals surface area contributed by atoms with Crippen LogP contribution in [0.3, 0.4) is 0 Å². The Bertz CT molecular complexity index is 495. The van der Waals surface area contributed by atoms with E-state index in [1.54, 1.807) is 19.2 Å². The van der Waals surface area contributed by atoms with Crippen molar-refractivity contribution in [1.82, 2.24) is 4.98 Å². The third kappa shape index (κ3) is 3.56. The van der Waals surface area contributed by atoms with Crippen molar-refractivity contribution in [3.05, 3.63) is 35.0 Å².